The van der Waals surface area contributed by atoms with Crippen LogP contribution in [0.2, 0.25) is 0 Å². The Morgan fingerprint density at radius 2 is 1.86 bits per heavy atom. The van der Waals surface area contributed by atoms with E-state index >= 15 is 0 Å². The summed E-state index contributed by atoms with van der Waals surface area (Å²) in [5.74, 6) is -0.0856. The maximum atomic E-state index is 13.8. The zero-order chi connectivity index (χ0) is 20.1. The van der Waals surface area contributed by atoms with Gasteiger partial charge in [-0.15, -0.1) is 0 Å². The second kappa shape index (κ2) is 8.87. The molecule has 1 aliphatic carbocycles. The number of sulfonamides is 1. The smallest absolute Gasteiger partial charge is 0.262 e. The summed E-state index contributed by atoms with van der Waals surface area (Å²) in [6.45, 7) is 2.21. The average molecular weight is 422 g/mol. The zero-order valence-corrected chi connectivity index (χ0v) is 17.2. The fourth-order valence-corrected chi connectivity index (χ4v) is 4.74. The molecular weight excluding hydrogens is 397 g/mol. The third-order valence-electron chi connectivity index (χ3n) is 4.95. The summed E-state index contributed by atoms with van der Waals surface area (Å²) >= 11 is 5.39. The van der Waals surface area contributed by atoms with Crippen LogP contribution in [0.4, 0.5) is 15.8 Å². The Hall–Kier alpha value is -2.19. The standard InChI is InChI=1S/C20H24FN3O2S2/c1-14-7-2-4-11-18(14)23-20(27)22-15-8-6-9-16(13-15)28(25,26)24-19-12-5-3-10-17(19)21/h3,5-6,8-10,12-14,18,24H,2,4,7,11H2,1H3,(H2,22,23,27)/t14-,18+/m0/s1. The highest BCUT2D eigenvalue weighted by Crippen LogP contribution is 2.24. The molecule has 0 unspecified atom stereocenters. The van der Waals surface area contributed by atoms with Gasteiger partial charge in [0.1, 0.15) is 5.82 Å². The third-order valence-corrected chi connectivity index (χ3v) is 6.53. The van der Waals surface area contributed by atoms with Gasteiger partial charge in [0.25, 0.3) is 10.0 Å². The van der Waals surface area contributed by atoms with Crippen LogP contribution in [-0.4, -0.2) is 19.6 Å². The Kier molecular flexibility index (Phi) is 6.51. The molecule has 0 aliphatic heterocycles. The van der Waals surface area contributed by atoms with Gasteiger partial charge in [0.05, 0.1) is 10.6 Å². The van der Waals surface area contributed by atoms with Crippen molar-refractivity contribution < 1.29 is 12.8 Å². The molecule has 1 aliphatic rings. The molecule has 0 saturated heterocycles. The Bertz CT molecular complexity index is 950. The number of thiocarbonyl (C=S) groups is 1. The maximum Gasteiger partial charge on any atom is 0.262 e. The Balaban J connectivity index is 1.69. The van der Waals surface area contributed by atoms with Crippen molar-refractivity contribution in [3.8, 4) is 0 Å². The molecule has 2 aromatic carbocycles. The Labute approximate surface area is 170 Å². The average Bonchev–Trinajstić information content (AvgIpc) is 2.65. The van der Waals surface area contributed by atoms with Gasteiger partial charge in [0, 0.05) is 11.7 Å². The van der Waals surface area contributed by atoms with Gasteiger partial charge in [-0.25, -0.2) is 12.8 Å². The molecule has 0 aromatic heterocycles. The van der Waals surface area contributed by atoms with Crippen molar-refractivity contribution in [1.29, 1.82) is 0 Å². The van der Waals surface area contributed by atoms with Gasteiger partial charge in [-0.1, -0.05) is 38.0 Å². The van der Waals surface area contributed by atoms with Crippen LogP contribution in [-0.2, 0) is 10.0 Å². The first-order valence-electron chi connectivity index (χ1n) is 9.30. The van der Waals surface area contributed by atoms with Gasteiger partial charge in [-0.2, -0.15) is 0 Å². The summed E-state index contributed by atoms with van der Waals surface area (Å²) in [5.41, 5.74) is 0.460. The van der Waals surface area contributed by atoms with Crippen molar-refractivity contribution in [3.63, 3.8) is 0 Å². The minimum atomic E-state index is -3.92. The summed E-state index contributed by atoms with van der Waals surface area (Å²) in [7, 11) is -3.92. The van der Waals surface area contributed by atoms with Crippen LogP contribution in [0.25, 0.3) is 0 Å². The van der Waals surface area contributed by atoms with Crippen molar-refractivity contribution >= 4 is 38.7 Å². The lowest BCUT2D eigenvalue weighted by molar-refractivity contribution is 0.309. The lowest BCUT2D eigenvalue weighted by atomic mass is 9.86. The molecule has 0 radical (unpaired) electrons. The Morgan fingerprint density at radius 1 is 1.11 bits per heavy atom. The number of hydrogen-bond acceptors (Lipinski definition) is 3. The summed E-state index contributed by atoms with van der Waals surface area (Å²) in [4.78, 5) is 0.0228. The second-order valence-corrected chi connectivity index (χ2v) is 9.17. The number of benzene rings is 2. The van der Waals surface area contributed by atoms with Gasteiger partial charge in [-0.3, -0.25) is 4.72 Å². The van der Waals surface area contributed by atoms with E-state index in [2.05, 4.69) is 22.3 Å². The van der Waals surface area contributed by atoms with Gasteiger partial charge in [-0.05, 0) is 61.3 Å². The highest BCUT2D eigenvalue weighted by molar-refractivity contribution is 7.92. The third kappa shape index (κ3) is 5.20. The first-order valence-corrected chi connectivity index (χ1v) is 11.2. The first kappa shape index (κ1) is 20.5. The zero-order valence-electron chi connectivity index (χ0n) is 15.6. The molecule has 28 heavy (non-hydrogen) atoms. The Morgan fingerprint density at radius 3 is 2.61 bits per heavy atom. The first-order chi connectivity index (χ1) is 13.3. The molecule has 3 rings (SSSR count). The molecule has 1 saturated carbocycles. The molecular formula is C20H24FN3O2S2. The van der Waals surface area contributed by atoms with Crippen LogP contribution in [0, 0.1) is 11.7 Å². The van der Waals surface area contributed by atoms with Crippen molar-refractivity contribution in [2.75, 3.05) is 10.0 Å². The monoisotopic (exact) mass is 421 g/mol. The van der Waals surface area contributed by atoms with Gasteiger partial charge in [0.2, 0.25) is 0 Å². The molecule has 2 aromatic rings. The molecule has 1 fully saturated rings. The SMILES string of the molecule is C[C@H]1CCCC[C@H]1NC(=S)Nc1cccc(S(=O)(=O)Nc2ccccc2F)c1. The normalized spacial score (nSPS) is 19.6. The maximum absolute atomic E-state index is 13.8. The number of hydrogen-bond donors (Lipinski definition) is 3. The van der Waals surface area contributed by atoms with Crippen LogP contribution in [0.3, 0.4) is 0 Å². The van der Waals surface area contributed by atoms with E-state index in [1.54, 1.807) is 18.2 Å². The number of para-hydroxylation sites is 1. The molecule has 8 heteroatoms. The van der Waals surface area contributed by atoms with Crippen molar-refractivity contribution in [1.82, 2.24) is 5.32 Å². The molecule has 150 valence electrons. The van der Waals surface area contributed by atoms with Crippen LogP contribution < -0.4 is 15.4 Å². The molecule has 3 N–H and O–H groups in total. The lowest BCUT2D eigenvalue weighted by Crippen LogP contribution is -2.43. The van der Waals surface area contributed by atoms with Crippen molar-refractivity contribution in [3.05, 3.63) is 54.3 Å². The van der Waals surface area contributed by atoms with Gasteiger partial charge >= 0.3 is 0 Å². The van der Waals surface area contributed by atoms with Crippen LogP contribution in [0.1, 0.15) is 32.6 Å². The summed E-state index contributed by atoms with van der Waals surface area (Å²) in [6.07, 6.45) is 4.67. The number of nitrogens with one attached hydrogen (secondary N) is 3. The molecule has 0 spiro atoms. The van der Waals surface area contributed by atoms with E-state index in [-0.39, 0.29) is 10.6 Å². The van der Waals surface area contributed by atoms with E-state index in [0.29, 0.717) is 22.8 Å². The highest BCUT2D eigenvalue weighted by Gasteiger charge is 2.22. The highest BCUT2D eigenvalue weighted by atomic mass is 32.2. The minimum Gasteiger partial charge on any atom is -0.359 e. The molecule has 5 nitrogen and oxygen atoms in total. The summed E-state index contributed by atoms with van der Waals surface area (Å²) in [6, 6.07) is 12.2. The van der Waals surface area contributed by atoms with E-state index in [9.17, 15) is 12.8 Å². The van der Waals surface area contributed by atoms with Crippen molar-refractivity contribution in [2.45, 2.75) is 43.5 Å². The van der Waals surface area contributed by atoms with Crippen LogP contribution in [0.15, 0.2) is 53.4 Å². The van der Waals surface area contributed by atoms with E-state index < -0.39 is 15.8 Å². The molecule has 2 atom stereocenters. The minimum absolute atomic E-state index is 0.0228. The second-order valence-electron chi connectivity index (χ2n) is 7.08. The predicted octanol–water partition coefficient (Wildman–Crippen LogP) is 4.49. The van der Waals surface area contributed by atoms with Gasteiger partial charge in [0.15, 0.2) is 5.11 Å². The van der Waals surface area contributed by atoms with Crippen molar-refractivity contribution in [2.24, 2.45) is 5.92 Å². The summed E-state index contributed by atoms with van der Waals surface area (Å²) in [5, 5.41) is 6.85. The topological polar surface area (TPSA) is 70.2 Å². The number of halogens is 1. The van der Waals surface area contributed by atoms with Crippen LogP contribution in [0.5, 0.6) is 0 Å². The quantitative estimate of drug-likeness (QED) is 0.621. The predicted molar refractivity (Wildman–Crippen MR) is 114 cm³/mol. The molecule has 0 bridgehead atoms. The fraction of sp³-hybridized carbons (Fsp3) is 0.350. The molecule has 0 amide bonds. The van der Waals surface area contributed by atoms with E-state index in [0.717, 1.165) is 6.42 Å². The van der Waals surface area contributed by atoms with E-state index in [1.165, 1.54) is 49.6 Å². The van der Waals surface area contributed by atoms with E-state index in [1.807, 2.05) is 0 Å². The van der Waals surface area contributed by atoms with Gasteiger partial charge < -0.3 is 10.6 Å². The van der Waals surface area contributed by atoms with E-state index in [4.69, 9.17) is 12.2 Å². The number of rotatable bonds is 5. The largest absolute Gasteiger partial charge is 0.359 e. The lowest BCUT2D eigenvalue weighted by Gasteiger charge is -2.30. The summed E-state index contributed by atoms with van der Waals surface area (Å²) < 4.78 is 41.2. The fourth-order valence-electron chi connectivity index (χ4n) is 3.35. The molecule has 0 heterocycles. The van der Waals surface area contributed by atoms with Crippen LogP contribution >= 0.6 is 12.2 Å². The number of anilines is 2.